The lowest BCUT2D eigenvalue weighted by atomic mass is 10.1. The van der Waals surface area contributed by atoms with E-state index in [0.29, 0.717) is 30.2 Å². The third-order valence-electron chi connectivity index (χ3n) is 6.52. The number of aromatic amines is 1. The van der Waals surface area contributed by atoms with Gasteiger partial charge in [-0.15, -0.1) is 0 Å². The van der Waals surface area contributed by atoms with E-state index in [1.54, 1.807) is 7.11 Å². The van der Waals surface area contributed by atoms with Gasteiger partial charge in [-0.2, -0.15) is 0 Å². The van der Waals surface area contributed by atoms with E-state index in [1.807, 2.05) is 36.4 Å². The lowest BCUT2D eigenvalue weighted by Crippen LogP contribution is -2.35. The zero-order valence-electron chi connectivity index (χ0n) is 19.2. The van der Waals surface area contributed by atoms with Gasteiger partial charge >= 0.3 is 0 Å². The lowest BCUT2D eigenvalue weighted by molar-refractivity contribution is -0.119. The minimum Gasteiger partial charge on any atom is -0.496 e. The van der Waals surface area contributed by atoms with Gasteiger partial charge in [-0.05, 0) is 30.0 Å². The van der Waals surface area contributed by atoms with Crippen LogP contribution in [0.15, 0.2) is 58.5 Å². The smallest absolute Gasteiger partial charge is 0.256 e. The topological polar surface area (TPSA) is 87.3 Å². The predicted molar refractivity (Wildman–Crippen MR) is 132 cm³/mol. The summed E-state index contributed by atoms with van der Waals surface area (Å²) in [5, 5.41) is 3.63. The minimum absolute atomic E-state index is 0.0462. The normalized spacial score (nSPS) is 17.1. The van der Waals surface area contributed by atoms with E-state index in [0.717, 1.165) is 36.4 Å². The molecule has 1 atom stereocenters. The van der Waals surface area contributed by atoms with Crippen LogP contribution in [0.5, 0.6) is 5.75 Å². The van der Waals surface area contributed by atoms with Crippen molar-refractivity contribution in [2.75, 3.05) is 19.4 Å². The molecule has 0 radical (unpaired) electrons. The summed E-state index contributed by atoms with van der Waals surface area (Å²) >= 11 is 1.28. The van der Waals surface area contributed by atoms with Crippen molar-refractivity contribution in [3.63, 3.8) is 0 Å². The number of benzene rings is 2. The maximum atomic E-state index is 12.8. The molecule has 2 aromatic carbocycles. The van der Waals surface area contributed by atoms with Crippen LogP contribution < -0.4 is 15.6 Å². The molecule has 1 aliphatic heterocycles. The average Bonchev–Trinajstić information content (AvgIpc) is 3.26. The molecule has 7 nitrogen and oxygen atoms in total. The van der Waals surface area contributed by atoms with E-state index in [4.69, 9.17) is 4.74 Å². The van der Waals surface area contributed by atoms with Gasteiger partial charge in [-0.25, -0.2) is 4.98 Å². The molecule has 5 rings (SSSR count). The number of nitrogens with zero attached hydrogens (tertiary/aromatic N) is 2. The lowest BCUT2D eigenvalue weighted by Gasteiger charge is -2.28. The van der Waals surface area contributed by atoms with Gasteiger partial charge in [0.2, 0.25) is 5.91 Å². The Morgan fingerprint density at radius 1 is 1.21 bits per heavy atom. The number of rotatable bonds is 7. The van der Waals surface area contributed by atoms with E-state index in [-0.39, 0.29) is 23.3 Å². The van der Waals surface area contributed by atoms with Crippen molar-refractivity contribution in [3.05, 3.63) is 86.8 Å². The van der Waals surface area contributed by atoms with E-state index in [2.05, 4.69) is 32.3 Å². The summed E-state index contributed by atoms with van der Waals surface area (Å²) in [5.74, 6) is 1.03. The summed E-state index contributed by atoms with van der Waals surface area (Å²) < 4.78 is 5.46. The molecule has 0 spiro atoms. The molecule has 0 saturated heterocycles. The zero-order chi connectivity index (χ0) is 23.5. The van der Waals surface area contributed by atoms with E-state index < -0.39 is 0 Å². The van der Waals surface area contributed by atoms with E-state index >= 15 is 0 Å². The molecular formula is C26H28N4O3S. The zero-order valence-corrected chi connectivity index (χ0v) is 20.0. The van der Waals surface area contributed by atoms with Crippen LogP contribution in [0.4, 0.5) is 0 Å². The summed E-state index contributed by atoms with van der Waals surface area (Å²) in [6.45, 7) is 2.07. The number of methoxy groups -OCH3 is 1. The Hall–Kier alpha value is -3.10. The molecule has 0 fully saturated rings. The Morgan fingerprint density at radius 2 is 2.03 bits per heavy atom. The average molecular weight is 477 g/mol. The fraction of sp³-hybridized carbons (Fsp3) is 0.346. The first-order valence-electron chi connectivity index (χ1n) is 11.6. The highest BCUT2D eigenvalue weighted by Crippen LogP contribution is 2.31. The highest BCUT2D eigenvalue weighted by Gasteiger charge is 2.24. The molecule has 0 unspecified atom stereocenters. The highest BCUT2D eigenvalue weighted by molar-refractivity contribution is 7.99. The van der Waals surface area contributed by atoms with Gasteiger partial charge in [0.25, 0.3) is 5.56 Å². The quantitative estimate of drug-likeness (QED) is 0.402. The number of ether oxygens (including phenoxy) is 1. The molecule has 3 aromatic rings. The Morgan fingerprint density at radius 3 is 2.91 bits per heavy atom. The number of aromatic nitrogens is 2. The van der Waals surface area contributed by atoms with Gasteiger partial charge in [0.15, 0.2) is 5.16 Å². The fourth-order valence-electron chi connectivity index (χ4n) is 4.81. The molecule has 2 N–H and O–H groups in total. The highest BCUT2D eigenvalue weighted by atomic mass is 32.2. The number of H-pyrrole nitrogens is 1. The van der Waals surface area contributed by atoms with Crippen LogP contribution in [0.2, 0.25) is 0 Å². The summed E-state index contributed by atoms with van der Waals surface area (Å²) in [6, 6.07) is 16.3. The number of hydrogen-bond donors (Lipinski definition) is 2. The summed E-state index contributed by atoms with van der Waals surface area (Å²) in [7, 11) is 1.67. The number of hydrogen-bond acceptors (Lipinski definition) is 6. The van der Waals surface area contributed by atoms with Gasteiger partial charge in [0, 0.05) is 31.6 Å². The van der Waals surface area contributed by atoms with Gasteiger partial charge in [-0.3, -0.25) is 14.5 Å². The van der Waals surface area contributed by atoms with Crippen molar-refractivity contribution in [2.24, 2.45) is 0 Å². The molecule has 1 aromatic heterocycles. The second-order valence-corrected chi connectivity index (χ2v) is 9.68. The molecular weight excluding hydrogens is 448 g/mol. The Kier molecular flexibility index (Phi) is 6.69. The summed E-state index contributed by atoms with van der Waals surface area (Å²) in [4.78, 5) is 35.1. The van der Waals surface area contributed by atoms with Crippen LogP contribution in [0.25, 0.3) is 0 Å². The predicted octanol–water partition coefficient (Wildman–Crippen LogP) is 3.23. The maximum Gasteiger partial charge on any atom is 0.256 e. The van der Waals surface area contributed by atoms with E-state index in [1.165, 1.54) is 22.9 Å². The van der Waals surface area contributed by atoms with Crippen molar-refractivity contribution >= 4 is 17.7 Å². The number of para-hydroxylation sites is 1. The Labute approximate surface area is 202 Å². The number of carbonyl (C=O) groups is 1. The third-order valence-corrected chi connectivity index (χ3v) is 7.39. The summed E-state index contributed by atoms with van der Waals surface area (Å²) in [5.41, 5.74) is 5.02. The first-order chi connectivity index (χ1) is 16.6. The van der Waals surface area contributed by atoms with Gasteiger partial charge in [-0.1, -0.05) is 54.2 Å². The van der Waals surface area contributed by atoms with Crippen LogP contribution in [-0.2, 0) is 30.7 Å². The molecule has 1 amide bonds. The van der Waals surface area contributed by atoms with Crippen molar-refractivity contribution < 1.29 is 9.53 Å². The second kappa shape index (κ2) is 10.0. The number of fused-ring (bicyclic) bond motifs is 2. The molecule has 1 aliphatic carbocycles. The third kappa shape index (κ3) is 4.88. The van der Waals surface area contributed by atoms with Gasteiger partial charge in [0.1, 0.15) is 5.75 Å². The second-order valence-electron chi connectivity index (χ2n) is 8.72. The van der Waals surface area contributed by atoms with Gasteiger partial charge < -0.3 is 15.0 Å². The number of carbonyl (C=O) groups excluding carboxylic acids is 1. The number of nitrogens with one attached hydrogen (secondary N) is 2. The number of amides is 1. The van der Waals surface area contributed by atoms with Gasteiger partial charge in [0.05, 0.1) is 30.2 Å². The molecule has 0 bridgehead atoms. The number of thioether (sulfide) groups is 1. The Bertz CT molecular complexity index is 1260. The van der Waals surface area contributed by atoms with Crippen LogP contribution in [-0.4, -0.2) is 40.2 Å². The molecule has 8 heteroatoms. The largest absolute Gasteiger partial charge is 0.496 e. The van der Waals surface area contributed by atoms with Crippen LogP contribution in [0.3, 0.4) is 0 Å². The first-order valence-corrected chi connectivity index (χ1v) is 12.6. The standard InChI is InChI=1S/C26H28N4O3S/c1-33-23-9-5-3-7-18(23)14-30-13-12-22-20(15-30)25(32)29-26(28-22)34-16-24(31)27-21-11-10-17-6-2-4-8-19(17)21/h2-9,21H,10-16H2,1H3,(H,27,31)(H,28,29,32)/t21-/m0/s1. The number of aryl methyl sites for hydroxylation is 1. The maximum absolute atomic E-state index is 12.8. The molecule has 176 valence electrons. The molecule has 0 saturated carbocycles. The Balaban J connectivity index is 1.19. The SMILES string of the molecule is COc1ccccc1CN1CCc2nc(SCC(=O)N[C@H]3CCc4ccccc43)[nH]c(=O)c2C1. The van der Waals surface area contributed by atoms with Crippen LogP contribution in [0.1, 0.15) is 40.4 Å². The first kappa shape index (κ1) is 22.7. The van der Waals surface area contributed by atoms with E-state index in [9.17, 15) is 9.59 Å². The molecule has 2 heterocycles. The summed E-state index contributed by atoms with van der Waals surface area (Å²) in [6.07, 6.45) is 2.62. The van der Waals surface area contributed by atoms with Crippen LogP contribution >= 0.6 is 11.8 Å². The molecule has 2 aliphatic rings. The monoisotopic (exact) mass is 476 g/mol. The van der Waals surface area contributed by atoms with Crippen molar-refractivity contribution in [1.82, 2.24) is 20.2 Å². The van der Waals surface area contributed by atoms with Crippen molar-refractivity contribution in [3.8, 4) is 5.75 Å². The molecule has 34 heavy (non-hydrogen) atoms. The minimum atomic E-state index is -0.123. The van der Waals surface area contributed by atoms with Crippen molar-refractivity contribution in [2.45, 2.75) is 43.6 Å². The van der Waals surface area contributed by atoms with Crippen molar-refractivity contribution in [1.29, 1.82) is 0 Å². The fourth-order valence-corrected chi connectivity index (χ4v) is 5.50. The van der Waals surface area contributed by atoms with Crippen LogP contribution in [0, 0.1) is 0 Å².